The number of rotatable bonds is 5. The van der Waals surface area contributed by atoms with Gasteiger partial charge in [-0.2, -0.15) is 11.8 Å². The summed E-state index contributed by atoms with van der Waals surface area (Å²) >= 11 is 8.09. The summed E-state index contributed by atoms with van der Waals surface area (Å²) in [5.41, 5.74) is 7.60. The summed E-state index contributed by atoms with van der Waals surface area (Å²) in [4.78, 5) is 4.43. The molecule has 2 N–H and O–H groups in total. The van der Waals surface area contributed by atoms with Crippen molar-refractivity contribution in [2.24, 2.45) is 5.73 Å². The van der Waals surface area contributed by atoms with Gasteiger partial charge in [-0.15, -0.1) is 0 Å². The van der Waals surface area contributed by atoms with Gasteiger partial charge in [-0.1, -0.05) is 36.7 Å². The topological polar surface area (TPSA) is 38.9 Å². The van der Waals surface area contributed by atoms with Crippen molar-refractivity contribution < 1.29 is 0 Å². The molecule has 2 aromatic rings. The number of nitrogens with two attached hydrogens (primary N) is 1. The molecule has 0 fully saturated rings. The number of nitrogens with zero attached hydrogens (tertiary/aromatic N) is 1. The van der Waals surface area contributed by atoms with Crippen LogP contribution in [0.2, 0.25) is 5.15 Å². The molecule has 0 aliphatic rings. The van der Waals surface area contributed by atoms with Crippen molar-refractivity contribution in [3.8, 4) is 0 Å². The first-order valence-corrected chi connectivity index (χ1v) is 7.49. The zero-order valence-electron chi connectivity index (χ0n) is 10.4. The van der Waals surface area contributed by atoms with Gasteiger partial charge in [-0.25, -0.2) is 4.98 Å². The number of hydrogen-bond donors (Lipinski definition) is 1. The summed E-state index contributed by atoms with van der Waals surface area (Å²) in [5, 5.41) is 2.31. The molecule has 0 amide bonds. The van der Waals surface area contributed by atoms with E-state index in [0.717, 1.165) is 35.2 Å². The summed E-state index contributed by atoms with van der Waals surface area (Å²) < 4.78 is 0. The minimum absolute atomic E-state index is 0.553. The highest BCUT2D eigenvalue weighted by Crippen LogP contribution is 2.26. The van der Waals surface area contributed by atoms with E-state index in [4.69, 9.17) is 17.3 Å². The van der Waals surface area contributed by atoms with Crippen LogP contribution in [0.1, 0.15) is 18.9 Å². The van der Waals surface area contributed by atoms with E-state index in [1.54, 1.807) is 0 Å². The summed E-state index contributed by atoms with van der Waals surface area (Å²) in [5.74, 6) is 0.887. The van der Waals surface area contributed by atoms with Gasteiger partial charge in [0, 0.05) is 22.0 Å². The molecule has 0 aliphatic carbocycles. The molecule has 1 atom stereocenters. The number of pyridine rings is 1. The van der Waals surface area contributed by atoms with E-state index >= 15 is 0 Å². The Labute approximate surface area is 117 Å². The SMILES string of the molecule is CC(CCN)SCc1cc2ccccc2nc1Cl. The van der Waals surface area contributed by atoms with Gasteiger partial charge in [0.15, 0.2) is 0 Å². The normalized spacial score (nSPS) is 12.8. The Morgan fingerprint density at radius 3 is 2.94 bits per heavy atom. The van der Waals surface area contributed by atoms with Crippen LogP contribution < -0.4 is 5.73 Å². The second kappa shape index (κ2) is 6.41. The molecule has 0 bridgehead atoms. The minimum Gasteiger partial charge on any atom is -0.330 e. The highest BCUT2D eigenvalue weighted by Gasteiger charge is 2.07. The van der Waals surface area contributed by atoms with Crippen LogP contribution in [0.25, 0.3) is 10.9 Å². The zero-order chi connectivity index (χ0) is 13.0. The van der Waals surface area contributed by atoms with E-state index in [1.165, 1.54) is 0 Å². The molecule has 1 heterocycles. The largest absolute Gasteiger partial charge is 0.330 e. The lowest BCUT2D eigenvalue weighted by molar-refractivity contribution is 0.823. The number of fused-ring (bicyclic) bond motifs is 1. The molecule has 18 heavy (non-hydrogen) atoms. The van der Waals surface area contributed by atoms with Crippen LogP contribution in [0, 0.1) is 0 Å². The first kappa shape index (κ1) is 13.7. The van der Waals surface area contributed by atoms with E-state index in [1.807, 2.05) is 30.0 Å². The van der Waals surface area contributed by atoms with Gasteiger partial charge in [-0.05, 0) is 25.1 Å². The maximum Gasteiger partial charge on any atom is 0.133 e. The molecule has 4 heteroatoms. The van der Waals surface area contributed by atoms with E-state index in [-0.39, 0.29) is 0 Å². The van der Waals surface area contributed by atoms with Crippen molar-refractivity contribution >= 4 is 34.3 Å². The van der Waals surface area contributed by atoms with Gasteiger partial charge in [-0.3, -0.25) is 0 Å². The Kier molecular flexibility index (Phi) is 4.87. The lowest BCUT2D eigenvalue weighted by Crippen LogP contribution is -2.07. The number of benzene rings is 1. The third-order valence-corrected chi connectivity index (χ3v) is 4.46. The van der Waals surface area contributed by atoms with Gasteiger partial charge < -0.3 is 5.73 Å². The number of para-hydroxylation sites is 1. The fourth-order valence-corrected chi connectivity index (χ4v) is 3.07. The van der Waals surface area contributed by atoms with Crippen molar-refractivity contribution in [3.05, 3.63) is 41.0 Å². The van der Waals surface area contributed by atoms with Gasteiger partial charge >= 0.3 is 0 Å². The molecule has 1 unspecified atom stereocenters. The highest BCUT2D eigenvalue weighted by atomic mass is 35.5. The van der Waals surface area contributed by atoms with Crippen LogP contribution in [-0.2, 0) is 5.75 Å². The fourth-order valence-electron chi connectivity index (χ4n) is 1.79. The number of halogens is 1. The third kappa shape index (κ3) is 3.37. The smallest absolute Gasteiger partial charge is 0.133 e. The highest BCUT2D eigenvalue weighted by molar-refractivity contribution is 7.99. The molecular formula is C14H17ClN2S. The van der Waals surface area contributed by atoms with Crippen molar-refractivity contribution in [1.29, 1.82) is 0 Å². The number of thioether (sulfide) groups is 1. The monoisotopic (exact) mass is 280 g/mol. The Bertz CT molecular complexity index is 530. The number of hydrogen-bond acceptors (Lipinski definition) is 3. The summed E-state index contributed by atoms with van der Waals surface area (Å²) in [6.07, 6.45) is 1.03. The molecule has 1 aromatic carbocycles. The van der Waals surface area contributed by atoms with E-state index in [2.05, 4.69) is 24.0 Å². The van der Waals surface area contributed by atoms with E-state index in [0.29, 0.717) is 10.4 Å². The van der Waals surface area contributed by atoms with Gasteiger partial charge in [0.1, 0.15) is 5.15 Å². The van der Waals surface area contributed by atoms with Crippen molar-refractivity contribution in [1.82, 2.24) is 4.98 Å². The summed E-state index contributed by atoms with van der Waals surface area (Å²) in [6.45, 7) is 2.93. The first-order chi connectivity index (χ1) is 8.70. The van der Waals surface area contributed by atoms with Crippen LogP contribution in [0.15, 0.2) is 30.3 Å². The zero-order valence-corrected chi connectivity index (χ0v) is 12.0. The van der Waals surface area contributed by atoms with Crippen LogP contribution in [-0.4, -0.2) is 16.8 Å². The molecule has 2 nitrogen and oxygen atoms in total. The van der Waals surface area contributed by atoms with Crippen molar-refractivity contribution in [2.45, 2.75) is 24.3 Å². The van der Waals surface area contributed by atoms with E-state index < -0.39 is 0 Å². The average Bonchev–Trinajstić information content (AvgIpc) is 2.36. The Hall–Kier alpha value is -0.770. The first-order valence-electron chi connectivity index (χ1n) is 6.06. The molecule has 0 spiro atoms. The van der Waals surface area contributed by atoms with Gasteiger partial charge in [0.25, 0.3) is 0 Å². The molecule has 0 radical (unpaired) electrons. The maximum absolute atomic E-state index is 6.21. The predicted octanol–water partition coefficient (Wildman–Crippen LogP) is 3.86. The molecular weight excluding hydrogens is 264 g/mol. The molecule has 0 saturated carbocycles. The second-order valence-electron chi connectivity index (χ2n) is 4.33. The molecule has 96 valence electrons. The Morgan fingerprint density at radius 2 is 2.17 bits per heavy atom. The minimum atomic E-state index is 0.553. The molecule has 2 rings (SSSR count). The quantitative estimate of drug-likeness (QED) is 0.846. The van der Waals surface area contributed by atoms with Crippen LogP contribution in [0.5, 0.6) is 0 Å². The van der Waals surface area contributed by atoms with Crippen molar-refractivity contribution in [2.75, 3.05) is 6.54 Å². The van der Waals surface area contributed by atoms with E-state index in [9.17, 15) is 0 Å². The molecule has 0 aliphatic heterocycles. The predicted molar refractivity (Wildman–Crippen MR) is 81.2 cm³/mol. The van der Waals surface area contributed by atoms with Gasteiger partial charge in [0.2, 0.25) is 0 Å². The van der Waals surface area contributed by atoms with Crippen LogP contribution >= 0.6 is 23.4 Å². The number of aromatic nitrogens is 1. The lowest BCUT2D eigenvalue weighted by Gasteiger charge is -2.11. The standard InChI is InChI=1S/C14H17ClN2S/c1-10(6-7-16)18-9-12-8-11-4-2-3-5-13(11)17-14(12)15/h2-5,8,10H,6-7,9,16H2,1H3. The lowest BCUT2D eigenvalue weighted by atomic mass is 10.2. The second-order valence-corrected chi connectivity index (χ2v) is 6.11. The molecule has 0 saturated heterocycles. The van der Waals surface area contributed by atoms with Gasteiger partial charge in [0.05, 0.1) is 5.52 Å². The summed E-state index contributed by atoms with van der Waals surface area (Å²) in [7, 11) is 0. The Balaban J connectivity index is 2.15. The van der Waals surface area contributed by atoms with Crippen molar-refractivity contribution in [3.63, 3.8) is 0 Å². The average molecular weight is 281 g/mol. The van der Waals surface area contributed by atoms with Crippen LogP contribution in [0.3, 0.4) is 0 Å². The molecule has 1 aromatic heterocycles. The van der Waals surface area contributed by atoms with Crippen LogP contribution in [0.4, 0.5) is 0 Å². The third-order valence-electron chi connectivity index (χ3n) is 2.85. The summed E-state index contributed by atoms with van der Waals surface area (Å²) in [6, 6.07) is 10.2. The fraction of sp³-hybridized carbons (Fsp3) is 0.357. The Morgan fingerprint density at radius 1 is 1.39 bits per heavy atom. The maximum atomic E-state index is 6.21.